The Bertz CT molecular complexity index is 1030. The molecule has 0 spiro atoms. The van der Waals surface area contributed by atoms with Crippen LogP contribution in [0.25, 0.3) is 10.9 Å². The third-order valence-corrected chi connectivity index (χ3v) is 5.42. The number of carbonyl (C=O) groups is 2. The molecule has 0 bridgehead atoms. The van der Waals surface area contributed by atoms with Crippen LogP contribution in [-0.4, -0.2) is 39.5 Å². The SMILES string of the molecule is NC(=O)[C@H]1CCCN1[C@@H](C(=O)O)c1c[nH]c2ccc(OCc3ccccc3)cc12. The Kier molecular flexibility index (Phi) is 5.22. The summed E-state index contributed by atoms with van der Waals surface area (Å²) in [5.74, 6) is -0.839. The molecule has 0 saturated carbocycles. The summed E-state index contributed by atoms with van der Waals surface area (Å²) in [4.78, 5) is 28.8. The van der Waals surface area contributed by atoms with Gasteiger partial charge in [-0.3, -0.25) is 14.5 Å². The number of benzene rings is 2. The molecule has 2 atom stereocenters. The van der Waals surface area contributed by atoms with Crippen molar-refractivity contribution < 1.29 is 19.4 Å². The zero-order valence-electron chi connectivity index (χ0n) is 15.9. The summed E-state index contributed by atoms with van der Waals surface area (Å²) in [5, 5.41) is 10.7. The molecule has 29 heavy (non-hydrogen) atoms. The summed E-state index contributed by atoms with van der Waals surface area (Å²) in [5.41, 5.74) is 7.97. The second kappa shape index (κ2) is 7.97. The zero-order valence-corrected chi connectivity index (χ0v) is 15.9. The molecule has 0 unspecified atom stereocenters. The molecule has 0 radical (unpaired) electrons. The van der Waals surface area contributed by atoms with E-state index < -0.39 is 24.0 Å². The van der Waals surface area contributed by atoms with Crippen molar-refractivity contribution in [3.8, 4) is 5.75 Å². The lowest BCUT2D eigenvalue weighted by molar-refractivity contribution is -0.144. The summed E-state index contributed by atoms with van der Waals surface area (Å²) in [6.45, 7) is 0.936. The van der Waals surface area contributed by atoms with E-state index in [2.05, 4.69) is 4.98 Å². The van der Waals surface area contributed by atoms with Gasteiger partial charge in [-0.25, -0.2) is 0 Å². The van der Waals surface area contributed by atoms with Gasteiger partial charge in [-0.05, 0) is 36.6 Å². The Labute approximate surface area is 168 Å². The fourth-order valence-corrected chi connectivity index (χ4v) is 4.04. The molecule has 2 aromatic carbocycles. The van der Waals surface area contributed by atoms with Crippen LogP contribution in [0.2, 0.25) is 0 Å². The van der Waals surface area contributed by atoms with E-state index in [1.165, 1.54) is 0 Å². The summed E-state index contributed by atoms with van der Waals surface area (Å²) >= 11 is 0. The maximum absolute atomic E-state index is 12.2. The molecule has 7 heteroatoms. The maximum atomic E-state index is 12.2. The molecule has 150 valence electrons. The minimum Gasteiger partial charge on any atom is -0.489 e. The second-order valence-electron chi connectivity index (χ2n) is 7.26. The molecule has 2 heterocycles. The summed E-state index contributed by atoms with van der Waals surface area (Å²) < 4.78 is 5.90. The molecule has 1 aliphatic heterocycles. The Morgan fingerprint density at radius 3 is 2.76 bits per heavy atom. The van der Waals surface area contributed by atoms with Gasteiger partial charge in [-0.1, -0.05) is 30.3 Å². The van der Waals surface area contributed by atoms with Gasteiger partial charge in [0.1, 0.15) is 18.4 Å². The fourth-order valence-electron chi connectivity index (χ4n) is 4.04. The number of nitrogens with zero attached hydrogens (tertiary/aromatic N) is 1. The molecule has 1 amide bonds. The van der Waals surface area contributed by atoms with E-state index in [-0.39, 0.29) is 0 Å². The maximum Gasteiger partial charge on any atom is 0.325 e. The molecular weight excluding hydrogens is 370 g/mol. The van der Waals surface area contributed by atoms with E-state index >= 15 is 0 Å². The van der Waals surface area contributed by atoms with Crippen LogP contribution in [0.15, 0.2) is 54.7 Å². The van der Waals surface area contributed by atoms with Gasteiger partial charge in [0.05, 0.1) is 6.04 Å². The predicted octanol–water partition coefficient (Wildman–Crippen LogP) is 2.82. The van der Waals surface area contributed by atoms with Crippen LogP contribution in [-0.2, 0) is 16.2 Å². The summed E-state index contributed by atoms with van der Waals surface area (Å²) in [7, 11) is 0. The van der Waals surface area contributed by atoms with Gasteiger partial charge >= 0.3 is 5.97 Å². The van der Waals surface area contributed by atoms with Crippen molar-refractivity contribution >= 4 is 22.8 Å². The van der Waals surface area contributed by atoms with Gasteiger partial charge in [0, 0.05) is 29.2 Å². The smallest absolute Gasteiger partial charge is 0.325 e. The van der Waals surface area contributed by atoms with Gasteiger partial charge < -0.3 is 20.6 Å². The first-order chi connectivity index (χ1) is 14.0. The van der Waals surface area contributed by atoms with Crippen molar-refractivity contribution in [2.45, 2.75) is 31.5 Å². The van der Waals surface area contributed by atoms with Crippen LogP contribution in [0, 0.1) is 0 Å². The molecule has 1 aliphatic rings. The monoisotopic (exact) mass is 393 g/mol. The van der Waals surface area contributed by atoms with Crippen molar-refractivity contribution in [3.05, 3.63) is 65.9 Å². The van der Waals surface area contributed by atoms with Crippen LogP contribution in [0.4, 0.5) is 0 Å². The molecule has 1 fully saturated rings. The number of hydrogen-bond acceptors (Lipinski definition) is 4. The number of rotatable bonds is 7. The van der Waals surface area contributed by atoms with E-state index in [0.29, 0.717) is 30.9 Å². The number of hydrogen-bond donors (Lipinski definition) is 3. The molecule has 3 aromatic rings. The Morgan fingerprint density at radius 1 is 1.24 bits per heavy atom. The van der Waals surface area contributed by atoms with Crippen LogP contribution in [0.3, 0.4) is 0 Å². The van der Waals surface area contributed by atoms with Crippen molar-refractivity contribution in [3.63, 3.8) is 0 Å². The van der Waals surface area contributed by atoms with Crippen molar-refractivity contribution in [1.82, 2.24) is 9.88 Å². The summed E-state index contributed by atoms with van der Waals surface area (Å²) in [6, 6.07) is 13.9. The minimum atomic E-state index is -1.00. The molecule has 4 rings (SSSR count). The number of nitrogens with one attached hydrogen (secondary N) is 1. The number of nitrogens with two attached hydrogens (primary N) is 1. The van der Waals surface area contributed by atoms with E-state index in [0.717, 1.165) is 22.9 Å². The minimum absolute atomic E-state index is 0.421. The quantitative estimate of drug-likeness (QED) is 0.572. The number of fused-ring (bicyclic) bond motifs is 1. The number of carboxylic acids is 1. The van der Waals surface area contributed by atoms with E-state index in [9.17, 15) is 14.7 Å². The topological polar surface area (TPSA) is 109 Å². The average molecular weight is 393 g/mol. The largest absolute Gasteiger partial charge is 0.489 e. The highest BCUT2D eigenvalue weighted by Crippen LogP contribution is 2.35. The summed E-state index contributed by atoms with van der Waals surface area (Å²) in [6.07, 6.45) is 3.01. The lowest BCUT2D eigenvalue weighted by Gasteiger charge is -2.28. The van der Waals surface area contributed by atoms with Crippen LogP contribution in [0.1, 0.15) is 30.0 Å². The Balaban J connectivity index is 1.65. The number of aromatic amines is 1. The molecule has 0 aliphatic carbocycles. The number of carboxylic acid groups (broad SMARTS) is 1. The third-order valence-electron chi connectivity index (χ3n) is 5.42. The predicted molar refractivity (Wildman–Crippen MR) is 108 cm³/mol. The number of aromatic nitrogens is 1. The normalized spacial score (nSPS) is 18.0. The number of carbonyl (C=O) groups excluding carboxylic acids is 1. The van der Waals surface area contributed by atoms with Gasteiger partial charge in [-0.2, -0.15) is 0 Å². The van der Waals surface area contributed by atoms with E-state index in [4.69, 9.17) is 10.5 Å². The second-order valence-corrected chi connectivity index (χ2v) is 7.26. The third kappa shape index (κ3) is 3.82. The van der Waals surface area contributed by atoms with Crippen molar-refractivity contribution in [2.75, 3.05) is 6.54 Å². The number of aliphatic carboxylic acids is 1. The highest BCUT2D eigenvalue weighted by molar-refractivity contribution is 5.90. The molecule has 1 aromatic heterocycles. The highest BCUT2D eigenvalue weighted by Gasteiger charge is 2.39. The van der Waals surface area contributed by atoms with Gasteiger partial charge in [0.2, 0.25) is 5.91 Å². The Morgan fingerprint density at radius 2 is 2.03 bits per heavy atom. The molecule has 7 nitrogen and oxygen atoms in total. The van der Waals surface area contributed by atoms with Gasteiger partial charge in [0.25, 0.3) is 0 Å². The van der Waals surface area contributed by atoms with Crippen molar-refractivity contribution in [2.24, 2.45) is 5.73 Å². The zero-order chi connectivity index (χ0) is 20.4. The number of likely N-dealkylation sites (tertiary alicyclic amines) is 1. The van der Waals surface area contributed by atoms with Gasteiger partial charge in [0.15, 0.2) is 0 Å². The Hall–Kier alpha value is -3.32. The molecule has 4 N–H and O–H groups in total. The number of primary amides is 1. The van der Waals surface area contributed by atoms with Crippen molar-refractivity contribution in [1.29, 1.82) is 0 Å². The van der Waals surface area contributed by atoms with E-state index in [1.54, 1.807) is 11.1 Å². The first-order valence-corrected chi connectivity index (χ1v) is 9.60. The number of ether oxygens (including phenoxy) is 1. The van der Waals surface area contributed by atoms with Crippen LogP contribution < -0.4 is 10.5 Å². The van der Waals surface area contributed by atoms with E-state index in [1.807, 2.05) is 48.5 Å². The lowest BCUT2D eigenvalue weighted by Crippen LogP contribution is -2.44. The van der Waals surface area contributed by atoms with Crippen LogP contribution in [0.5, 0.6) is 5.75 Å². The highest BCUT2D eigenvalue weighted by atomic mass is 16.5. The van der Waals surface area contributed by atoms with Crippen LogP contribution >= 0.6 is 0 Å². The number of H-pyrrole nitrogens is 1. The number of amides is 1. The molecule has 1 saturated heterocycles. The first kappa shape index (κ1) is 19.0. The fraction of sp³-hybridized carbons (Fsp3) is 0.273. The van der Waals surface area contributed by atoms with Gasteiger partial charge in [-0.15, -0.1) is 0 Å². The first-order valence-electron chi connectivity index (χ1n) is 9.60. The lowest BCUT2D eigenvalue weighted by atomic mass is 10.0. The average Bonchev–Trinajstić information content (AvgIpc) is 3.35. The molecular formula is C22H23N3O4. The standard InChI is InChI=1S/C22H23N3O4/c23-21(26)19-7-4-10-25(19)20(22(27)28)17-12-24-18-9-8-15(11-16(17)18)29-13-14-5-2-1-3-6-14/h1-3,5-6,8-9,11-12,19-20,24H,4,7,10,13H2,(H2,23,26)(H,27,28)/t19-,20-/m1/s1.